The van der Waals surface area contributed by atoms with E-state index < -0.39 is 41.1 Å². The van der Waals surface area contributed by atoms with E-state index in [9.17, 15) is 27.9 Å². The molecule has 2 amide bonds. The Morgan fingerprint density at radius 1 is 1.20 bits per heavy atom. The molecule has 0 aliphatic carbocycles. The highest BCUT2D eigenvalue weighted by atomic mass is 19.2. The highest BCUT2D eigenvalue weighted by Gasteiger charge is 2.29. The second-order valence-corrected chi connectivity index (χ2v) is 4.39. The highest BCUT2D eigenvalue weighted by molar-refractivity contribution is 6.39. The van der Waals surface area contributed by atoms with Crippen molar-refractivity contribution in [3.8, 4) is 0 Å². The van der Waals surface area contributed by atoms with Gasteiger partial charge < -0.3 is 15.3 Å². The summed E-state index contributed by atoms with van der Waals surface area (Å²) in [6, 6.07) is 0.726. The fourth-order valence-corrected chi connectivity index (χ4v) is 1.86. The van der Waals surface area contributed by atoms with Gasteiger partial charge in [0.2, 0.25) is 0 Å². The third-order valence-electron chi connectivity index (χ3n) is 2.90. The van der Waals surface area contributed by atoms with Crippen molar-refractivity contribution in [2.24, 2.45) is 0 Å². The van der Waals surface area contributed by atoms with Crippen LogP contribution in [0.5, 0.6) is 0 Å². The van der Waals surface area contributed by atoms with Crippen LogP contribution in [0.1, 0.15) is 6.42 Å². The van der Waals surface area contributed by atoms with E-state index >= 15 is 0 Å². The minimum Gasteiger partial charge on any atom is -0.391 e. The molecule has 0 saturated carbocycles. The Balaban J connectivity index is 2.08. The first-order chi connectivity index (χ1) is 9.38. The van der Waals surface area contributed by atoms with Crippen molar-refractivity contribution in [3.63, 3.8) is 0 Å². The summed E-state index contributed by atoms with van der Waals surface area (Å²) < 4.78 is 39.0. The molecule has 2 N–H and O–H groups in total. The normalized spacial score (nSPS) is 18.2. The molecule has 1 saturated heterocycles. The number of likely N-dealkylation sites (tertiary alicyclic amines) is 1. The van der Waals surface area contributed by atoms with E-state index in [-0.39, 0.29) is 19.2 Å². The van der Waals surface area contributed by atoms with Crippen molar-refractivity contribution in [1.29, 1.82) is 0 Å². The van der Waals surface area contributed by atoms with Crippen LogP contribution in [-0.4, -0.2) is 41.0 Å². The molecule has 1 aliphatic heterocycles. The number of β-amino-alcohol motifs (C(OH)–C–C–N with tert-alkyl or cyclic N) is 1. The predicted octanol–water partition coefficient (Wildman–Crippen LogP) is 0.636. The zero-order valence-corrected chi connectivity index (χ0v) is 10.2. The number of halogens is 3. The Morgan fingerprint density at radius 2 is 1.85 bits per heavy atom. The molecule has 20 heavy (non-hydrogen) atoms. The number of aliphatic hydroxyl groups is 1. The van der Waals surface area contributed by atoms with Gasteiger partial charge in [-0.3, -0.25) is 9.59 Å². The standard InChI is InChI=1S/C12H11F3N2O3/c13-7-3-9(15)10(4-8(7)14)16-11(19)12(20)17-2-1-6(18)5-17/h3-4,6,18H,1-2,5H2,(H,16,19)/t6-/m1/s1. The van der Waals surface area contributed by atoms with Gasteiger partial charge in [-0.05, 0) is 6.42 Å². The summed E-state index contributed by atoms with van der Waals surface area (Å²) in [6.07, 6.45) is -0.356. The van der Waals surface area contributed by atoms with E-state index in [1.165, 1.54) is 0 Å². The Morgan fingerprint density at radius 3 is 2.45 bits per heavy atom. The minimum atomic E-state index is -1.39. The zero-order chi connectivity index (χ0) is 14.9. The van der Waals surface area contributed by atoms with E-state index in [0.717, 1.165) is 4.90 Å². The number of hydrogen-bond donors (Lipinski definition) is 2. The smallest absolute Gasteiger partial charge is 0.313 e. The van der Waals surface area contributed by atoms with Gasteiger partial charge in [-0.2, -0.15) is 0 Å². The van der Waals surface area contributed by atoms with Gasteiger partial charge in [0, 0.05) is 25.2 Å². The van der Waals surface area contributed by atoms with Crippen LogP contribution in [0.25, 0.3) is 0 Å². The van der Waals surface area contributed by atoms with E-state index in [1.54, 1.807) is 0 Å². The number of carbonyl (C=O) groups is 2. The summed E-state index contributed by atoms with van der Waals surface area (Å²) in [7, 11) is 0. The predicted molar refractivity (Wildman–Crippen MR) is 62.1 cm³/mol. The Hall–Kier alpha value is -2.09. The van der Waals surface area contributed by atoms with Crippen LogP contribution in [0.4, 0.5) is 18.9 Å². The van der Waals surface area contributed by atoms with Gasteiger partial charge >= 0.3 is 11.8 Å². The van der Waals surface area contributed by atoms with Gasteiger partial charge in [-0.15, -0.1) is 0 Å². The van der Waals surface area contributed by atoms with Crippen LogP contribution in [0, 0.1) is 17.5 Å². The van der Waals surface area contributed by atoms with Crippen LogP contribution >= 0.6 is 0 Å². The van der Waals surface area contributed by atoms with E-state index in [2.05, 4.69) is 0 Å². The summed E-state index contributed by atoms with van der Waals surface area (Å²) in [4.78, 5) is 24.4. The quantitative estimate of drug-likeness (QED) is 0.588. The first-order valence-electron chi connectivity index (χ1n) is 5.81. The lowest BCUT2D eigenvalue weighted by molar-refractivity contribution is -0.142. The summed E-state index contributed by atoms with van der Waals surface area (Å²) in [5.74, 6) is -6.07. The molecule has 5 nitrogen and oxygen atoms in total. The number of nitrogens with zero attached hydrogens (tertiary/aromatic N) is 1. The van der Waals surface area contributed by atoms with Crippen molar-refractivity contribution in [1.82, 2.24) is 4.90 Å². The van der Waals surface area contributed by atoms with Gasteiger partial charge in [0.05, 0.1) is 11.8 Å². The van der Waals surface area contributed by atoms with Crippen LogP contribution in [0.2, 0.25) is 0 Å². The van der Waals surface area contributed by atoms with Gasteiger partial charge in [-0.1, -0.05) is 0 Å². The number of rotatable bonds is 1. The maximum Gasteiger partial charge on any atom is 0.313 e. The van der Waals surface area contributed by atoms with E-state index in [1.807, 2.05) is 5.32 Å². The van der Waals surface area contributed by atoms with Gasteiger partial charge in [0.15, 0.2) is 11.6 Å². The number of carbonyl (C=O) groups excluding carboxylic acids is 2. The summed E-state index contributed by atoms with van der Waals surface area (Å²) in [5.41, 5.74) is -0.623. The third-order valence-corrected chi connectivity index (χ3v) is 2.90. The Labute approximate surface area is 112 Å². The second-order valence-electron chi connectivity index (χ2n) is 4.39. The summed E-state index contributed by atoms with van der Waals surface area (Å²) in [6.45, 7) is 0.209. The minimum absolute atomic E-state index is 0.00646. The average Bonchev–Trinajstić information content (AvgIpc) is 2.81. The molecule has 0 aromatic heterocycles. The largest absolute Gasteiger partial charge is 0.391 e. The summed E-state index contributed by atoms with van der Waals surface area (Å²) in [5, 5.41) is 11.1. The first-order valence-corrected chi connectivity index (χ1v) is 5.81. The highest BCUT2D eigenvalue weighted by Crippen LogP contribution is 2.18. The summed E-state index contributed by atoms with van der Waals surface area (Å²) >= 11 is 0. The molecule has 0 bridgehead atoms. The number of benzene rings is 1. The van der Waals surface area contributed by atoms with E-state index in [4.69, 9.17) is 0 Å². The molecule has 1 fully saturated rings. The van der Waals surface area contributed by atoms with Crippen molar-refractivity contribution in [2.75, 3.05) is 18.4 Å². The van der Waals surface area contributed by atoms with Crippen LogP contribution in [-0.2, 0) is 9.59 Å². The molecule has 0 unspecified atom stereocenters. The molecule has 108 valence electrons. The third kappa shape index (κ3) is 2.90. The number of aliphatic hydroxyl groups excluding tert-OH is 1. The number of hydrogen-bond acceptors (Lipinski definition) is 3. The second kappa shape index (κ2) is 5.49. The SMILES string of the molecule is O=C(Nc1cc(F)c(F)cc1F)C(=O)N1CC[C@@H](O)C1. The number of anilines is 1. The maximum atomic E-state index is 13.3. The van der Waals surface area contributed by atoms with Crippen molar-refractivity contribution in [3.05, 3.63) is 29.6 Å². The molecule has 2 rings (SSSR count). The van der Waals surface area contributed by atoms with Crippen LogP contribution in [0.15, 0.2) is 12.1 Å². The van der Waals surface area contributed by atoms with Crippen LogP contribution < -0.4 is 5.32 Å². The fourth-order valence-electron chi connectivity index (χ4n) is 1.86. The molecule has 1 aromatic carbocycles. The monoisotopic (exact) mass is 288 g/mol. The molecule has 1 heterocycles. The molecular formula is C12H11F3N2O3. The van der Waals surface area contributed by atoms with Gasteiger partial charge in [0.25, 0.3) is 0 Å². The van der Waals surface area contributed by atoms with Gasteiger partial charge in [0.1, 0.15) is 5.82 Å². The lowest BCUT2D eigenvalue weighted by Gasteiger charge is -2.15. The van der Waals surface area contributed by atoms with Gasteiger partial charge in [-0.25, -0.2) is 13.2 Å². The average molecular weight is 288 g/mol. The molecule has 1 aliphatic rings. The molecule has 8 heteroatoms. The van der Waals surface area contributed by atoms with Crippen LogP contribution in [0.3, 0.4) is 0 Å². The van der Waals surface area contributed by atoms with Crippen molar-refractivity contribution < 1.29 is 27.9 Å². The molecule has 0 spiro atoms. The lowest BCUT2D eigenvalue weighted by Crippen LogP contribution is -2.38. The number of amides is 2. The Kier molecular flexibility index (Phi) is 3.93. The fraction of sp³-hybridized carbons (Fsp3) is 0.333. The zero-order valence-electron chi connectivity index (χ0n) is 10.2. The van der Waals surface area contributed by atoms with Crippen molar-refractivity contribution >= 4 is 17.5 Å². The first kappa shape index (κ1) is 14.3. The topological polar surface area (TPSA) is 69.6 Å². The molecule has 1 atom stereocenters. The molecular weight excluding hydrogens is 277 g/mol. The van der Waals surface area contributed by atoms with E-state index in [0.29, 0.717) is 12.5 Å². The lowest BCUT2D eigenvalue weighted by atomic mass is 10.2. The van der Waals surface area contributed by atoms with Crippen molar-refractivity contribution in [2.45, 2.75) is 12.5 Å². The Bertz CT molecular complexity index is 565. The molecule has 1 aromatic rings. The number of nitrogens with one attached hydrogen (secondary N) is 1. The maximum absolute atomic E-state index is 13.3. The molecule has 0 radical (unpaired) electrons.